The highest BCUT2D eigenvalue weighted by molar-refractivity contribution is 6.31. The average Bonchev–Trinajstić information content (AvgIpc) is 2.20. The van der Waals surface area contributed by atoms with Gasteiger partial charge in [-0.05, 0) is 24.5 Å². The first kappa shape index (κ1) is 12.5. The molecule has 0 fully saturated rings. The van der Waals surface area contributed by atoms with Gasteiger partial charge in [0.1, 0.15) is 0 Å². The van der Waals surface area contributed by atoms with Crippen LogP contribution in [-0.2, 0) is 11.4 Å². The average molecular weight is 228 g/mol. The molecule has 2 nitrogen and oxygen atoms in total. The highest BCUT2D eigenvalue weighted by atomic mass is 35.5. The molecule has 0 saturated carbocycles. The van der Waals surface area contributed by atoms with Crippen molar-refractivity contribution in [3.8, 4) is 0 Å². The summed E-state index contributed by atoms with van der Waals surface area (Å²) in [4.78, 5) is 5.39. The van der Waals surface area contributed by atoms with Crippen LogP contribution in [0.15, 0.2) is 24.3 Å². The Morgan fingerprint density at radius 2 is 1.93 bits per heavy atom. The Morgan fingerprint density at radius 1 is 1.27 bits per heavy atom. The number of rotatable bonds is 5. The van der Waals surface area contributed by atoms with Gasteiger partial charge in [-0.1, -0.05) is 43.6 Å². The monoisotopic (exact) mass is 227 g/mol. The molecular formula is C12H18ClNO. The number of hydrogen-bond donors (Lipinski definition) is 1. The minimum Gasteiger partial charge on any atom is -0.297 e. The lowest BCUT2D eigenvalue weighted by Crippen LogP contribution is -2.30. The Balaban J connectivity index is 2.35. The Kier molecular flexibility index (Phi) is 5.09. The van der Waals surface area contributed by atoms with Crippen molar-refractivity contribution >= 4 is 11.6 Å². The van der Waals surface area contributed by atoms with Crippen molar-refractivity contribution in [2.24, 2.45) is 5.92 Å². The minimum atomic E-state index is 0.340. The van der Waals surface area contributed by atoms with Gasteiger partial charge in [0.2, 0.25) is 0 Å². The highest BCUT2D eigenvalue weighted by Crippen LogP contribution is 2.15. The summed E-state index contributed by atoms with van der Waals surface area (Å²) in [6.07, 6.45) is 0. The molecule has 15 heavy (non-hydrogen) atoms. The molecule has 0 aromatic heterocycles. The molecule has 1 rings (SSSR count). The first-order valence-electron chi connectivity index (χ1n) is 5.22. The minimum absolute atomic E-state index is 0.340. The Morgan fingerprint density at radius 3 is 2.53 bits per heavy atom. The fourth-order valence-corrected chi connectivity index (χ4v) is 1.19. The van der Waals surface area contributed by atoms with Gasteiger partial charge in [-0.3, -0.25) is 4.84 Å². The van der Waals surface area contributed by atoms with Crippen LogP contribution in [0.4, 0.5) is 0 Å². The number of hydrogen-bond acceptors (Lipinski definition) is 2. The van der Waals surface area contributed by atoms with Gasteiger partial charge in [0.25, 0.3) is 0 Å². The molecule has 0 bridgehead atoms. The first-order chi connectivity index (χ1) is 7.11. The number of nitrogens with one attached hydrogen (secondary N) is 1. The van der Waals surface area contributed by atoms with Crippen LogP contribution in [0.25, 0.3) is 0 Å². The summed E-state index contributed by atoms with van der Waals surface area (Å²) in [5, 5.41) is 0.747. The van der Waals surface area contributed by atoms with Crippen LogP contribution in [0.2, 0.25) is 5.02 Å². The van der Waals surface area contributed by atoms with Crippen LogP contribution in [0.3, 0.4) is 0 Å². The summed E-state index contributed by atoms with van der Waals surface area (Å²) in [6.45, 7) is 6.89. The predicted octanol–water partition coefficient (Wildman–Crippen LogP) is 3.41. The van der Waals surface area contributed by atoms with Gasteiger partial charge in [-0.25, -0.2) is 0 Å². The predicted molar refractivity (Wildman–Crippen MR) is 63.7 cm³/mol. The molecule has 0 aliphatic rings. The van der Waals surface area contributed by atoms with Crippen molar-refractivity contribution in [2.75, 3.05) is 0 Å². The summed E-state index contributed by atoms with van der Waals surface area (Å²) in [6, 6.07) is 8.04. The van der Waals surface area contributed by atoms with Crippen LogP contribution in [0, 0.1) is 5.92 Å². The van der Waals surface area contributed by atoms with E-state index in [1.165, 1.54) is 0 Å². The summed E-state index contributed by atoms with van der Waals surface area (Å²) in [7, 11) is 0. The van der Waals surface area contributed by atoms with Gasteiger partial charge in [0.05, 0.1) is 6.61 Å². The van der Waals surface area contributed by atoms with E-state index in [0.29, 0.717) is 18.6 Å². The maximum atomic E-state index is 5.99. The third-order valence-electron chi connectivity index (χ3n) is 2.45. The van der Waals surface area contributed by atoms with Gasteiger partial charge in [-0.2, -0.15) is 5.48 Å². The van der Waals surface area contributed by atoms with Crippen LogP contribution >= 0.6 is 11.6 Å². The number of benzene rings is 1. The van der Waals surface area contributed by atoms with Crippen molar-refractivity contribution in [2.45, 2.75) is 33.4 Å². The van der Waals surface area contributed by atoms with Crippen molar-refractivity contribution in [3.05, 3.63) is 34.9 Å². The first-order valence-corrected chi connectivity index (χ1v) is 5.59. The van der Waals surface area contributed by atoms with E-state index in [4.69, 9.17) is 16.4 Å². The van der Waals surface area contributed by atoms with E-state index in [1.54, 1.807) is 0 Å². The Bertz CT molecular complexity index is 301. The molecule has 0 spiro atoms. The van der Waals surface area contributed by atoms with Crippen molar-refractivity contribution in [1.82, 2.24) is 5.48 Å². The SMILES string of the molecule is CC(C)C(C)NOCc1ccccc1Cl. The maximum Gasteiger partial charge on any atom is 0.0947 e. The lowest BCUT2D eigenvalue weighted by Gasteiger charge is -2.17. The van der Waals surface area contributed by atoms with Gasteiger partial charge in [0, 0.05) is 11.1 Å². The third-order valence-corrected chi connectivity index (χ3v) is 2.82. The van der Waals surface area contributed by atoms with Gasteiger partial charge >= 0.3 is 0 Å². The van der Waals surface area contributed by atoms with Crippen molar-refractivity contribution < 1.29 is 4.84 Å². The van der Waals surface area contributed by atoms with Crippen molar-refractivity contribution in [1.29, 1.82) is 0 Å². The maximum absolute atomic E-state index is 5.99. The topological polar surface area (TPSA) is 21.3 Å². The summed E-state index contributed by atoms with van der Waals surface area (Å²) < 4.78 is 0. The second-order valence-corrected chi connectivity index (χ2v) is 4.44. The molecule has 0 radical (unpaired) electrons. The lowest BCUT2D eigenvalue weighted by molar-refractivity contribution is -0.00226. The molecule has 0 aliphatic carbocycles. The molecule has 1 N–H and O–H groups in total. The second-order valence-electron chi connectivity index (χ2n) is 4.03. The smallest absolute Gasteiger partial charge is 0.0947 e. The summed E-state index contributed by atoms with van der Waals surface area (Å²) >= 11 is 5.99. The molecule has 0 amide bonds. The van der Waals surface area contributed by atoms with Gasteiger partial charge in [-0.15, -0.1) is 0 Å². The van der Waals surface area contributed by atoms with Gasteiger partial charge < -0.3 is 0 Å². The zero-order valence-electron chi connectivity index (χ0n) is 9.46. The van der Waals surface area contributed by atoms with Crippen LogP contribution in [-0.4, -0.2) is 6.04 Å². The van der Waals surface area contributed by atoms with E-state index in [0.717, 1.165) is 10.6 Å². The Labute approximate surface area is 96.5 Å². The standard InChI is InChI=1S/C12H18ClNO/c1-9(2)10(3)14-15-8-11-6-4-5-7-12(11)13/h4-7,9-10,14H,8H2,1-3H3. The fraction of sp³-hybridized carbons (Fsp3) is 0.500. The summed E-state index contributed by atoms with van der Waals surface area (Å²) in [5.74, 6) is 0.552. The molecule has 1 aromatic rings. The quantitative estimate of drug-likeness (QED) is 0.779. The number of hydroxylamine groups is 1. The second kappa shape index (κ2) is 6.11. The third kappa shape index (κ3) is 4.20. The Hall–Kier alpha value is -0.570. The highest BCUT2D eigenvalue weighted by Gasteiger charge is 2.06. The molecule has 3 heteroatoms. The molecule has 0 saturated heterocycles. The zero-order valence-corrected chi connectivity index (χ0v) is 10.2. The number of halogens is 1. The molecule has 1 aromatic carbocycles. The van der Waals surface area contributed by atoms with E-state index in [-0.39, 0.29) is 0 Å². The van der Waals surface area contributed by atoms with Gasteiger partial charge in [0.15, 0.2) is 0 Å². The van der Waals surface area contributed by atoms with Crippen molar-refractivity contribution in [3.63, 3.8) is 0 Å². The largest absolute Gasteiger partial charge is 0.297 e. The van der Waals surface area contributed by atoms with E-state index in [9.17, 15) is 0 Å². The molecule has 1 unspecified atom stereocenters. The normalized spacial score (nSPS) is 13.1. The van der Waals surface area contributed by atoms with E-state index < -0.39 is 0 Å². The molecule has 0 aliphatic heterocycles. The van der Waals surface area contributed by atoms with E-state index in [1.807, 2.05) is 24.3 Å². The molecular weight excluding hydrogens is 210 g/mol. The molecule has 84 valence electrons. The van der Waals surface area contributed by atoms with Crippen LogP contribution < -0.4 is 5.48 Å². The van der Waals surface area contributed by atoms with E-state index >= 15 is 0 Å². The molecule has 0 heterocycles. The zero-order chi connectivity index (χ0) is 11.3. The van der Waals surface area contributed by atoms with Crippen LogP contribution in [0.5, 0.6) is 0 Å². The fourth-order valence-electron chi connectivity index (χ4n) is 1.00. The van der Waals surface area contributed by atoms with E-state index in [2.05, 4.69) is 26.3 Å². The molecule has 1 atom stereocenters. The van der Waals surface area contributed by atoms with Crippen LogP contribution in [0.1, 0.15) is 26.3 Å². The lowest BCUT2D eigenvalue weighted by atomic mass is 10.1. The summed E-state index contributed by atoms with van der Waals surface area (Å²) in [5.41, 5.74) is 4.00.